The van der Waals surface area contributed by atoms with Gasteiger partial charge in [0.15, 0.2) is 0 Å². The average Bonchev–Trinajstić information content (AvgIpc) is 3.70. The minimum Gasteiger partial charge on any atom is -0.369 e. The molecule has 5 aliphatic carbocycles. The Morgan fingerprint density at radius 3 is 2.15 bits per heavy atom. The second-order valence-electron chi connectivity index (χ2n) is 11.3. The molecule has 196 valence electrons. The van der Waals surface area contributed by atoms with Gasteiger partial charge in [0.25, 0.3) is 0 Å². The lowest BCUT2D eigenvalue weighted by Crippen LogP contribution is -2.58. The fourth-order valence-electron chi connectivity index (χ4n) is 7.85. The maximum Gasteiger partial charge on any atom is 0.246 e. The Hall–Kier alpha value is -1.23. The van der Waals surface area contributed by atoms with Crippen LogP contribution in [-0.4, -0.2) is 36.1 Å². The third-order valence-corrected chi connectivity index (χ3v) is 10.1. The van der Waals surface area contributed by atoms with E-state index in [0.717, 1.165) is 41.9 Å². The topological polar surface area (TPSA) is 63.4 Å². The summed E-state index contributed by atoms with van der Waals surface area (Å²) in [5, 5.41) is 0. The number of carbonyl (C=O) groups excluding carboxylic acids is 2. The highest BCUT2D eigenvalue weighted by Crippen LogP contribution is 2.75. The van der Waals surface area contributed by atoms with Gasteiger partial charge in [-0.2, -0.15) is 12.6 Å². The molecule has 6 rings (SSSR count). The van der Waals surface area contributed by atoms with Gasteiger partial charge >= 0.3 is 0 Å². The second-order valence-corrected chi connectivity index (χ2v) is 11.3. The molecule has 5 saturated carbocycles. The lowest BCUT2D eigenvalue weighted by atomic mass is 9.50. The molecule has 0 radical (unpaired) electrons. The first-order valence-corrected chi connectivity index (χ1v) is 13.3. The molecule has 34 heavy (non-hydrogen) atoms. The number of thiol groups is 1. The van der Waals surface area contributed by atoms with E-state index >= 15 is 0 Å². The molecular weight excluding hydrogens is 440 g/mol. The van der Waals surface area contributed by atoms with Gasteiger partial charge in [0.1, 0.15) is 0 Å². The van der Waals surface area contributed by atoms with Gasteiger partial charge in [-0.15, -0.1) is 13.2 Å². The van der Waals surface area contributed by atoms with Crippen LogP contribution in [0.5, 0.6) is 0 Å². The van der Waals surface area contributed by atoms with Crippen molar-refractivity contribution in [1.29, 1.82) is 0 Å². The smallest absolute Gasteiger partial charge is 0.246 e. The van der Waals surface area contributed by atoms with Gasteiger partial charge in [0.2, 0.25) is 11.8 Å². The number of hydrogen-bond donors (Lipinski definition) is 2. The Morgan fingerprint density at radius 1 is 1.03 bits per heavy atom. The predicted octanol–water partition coefficient (Wildman–Crippen LogP) is 6.52. The molecule has 1 aliphatic heterocycles. The molecule has 0 aromatic rings. The molecule has 4 nitrogen and oxygen atoms in total. The van der Waals surface area contributed by atoms with Crippen molar-refractivity contribution >= 4 is 24.4 Å². The Morgan fingerprint density at radius 2 is 1.65 bits per heavy atom. The van der Waals surface area contributed by atoms with Crippen LogP contribution in [0.25, 0.3) is 0 Å². The number of carbonyl (C=O) groups is 2. The Kier molecular flexibility index (Phi) is 10.2. The van der Waals surface area contributed by atoms with Crippen LogP contribution in [0.2, 0.25) is 0 Å². The highest BCUT2D eigenvalue weighted by atomic mass is 32.1. The zero-order chi connectivity index (χ0) is 23.9. The van der Waals surface area contributed by atoms with E-state index in [1.807, 2.05) is 24.9 Å². The number of nitrogens with two attached hydrogens (primary N) is 1. The van der Waals surface area contributed by atoms with Crippen LogP contribution < -0.4 is 5.73 Å². The first-order valence-electron chi connectivity index (χ1n) is 12.4. The van der Waals surface area contributed by atoms with Crippen LogP contribution in [0.4, 0.5) is 0 Å². The summed E-state index contributed by atoms with van der Waals surface area (Å²) < 4.78 is 0. The van der Waals surface area contributed by atoms with E-state index in [9.17, 15) is 9.59 Å². The van der Waals surface area contributed by atoms with Crippen LogP contribution in [-0.2, 0) is 9.59 Å². The van der Waals surface area contributed by atoms with Crippen LogP contribution in [0.1, 0.15) is 86.5 Å². The molecule has 6 aliphatic rings. The number of nitrogens with zero attached hydrogens (tertiary/aromatic N) is 1. The van der Waals surface area contributed by atoms with Crippen molar-refractivity contribution in [1.82, 2.24) is 4.90 Å². The lowest BCUT2D eigenvalue weighted by molar-refractivity contribution is -0.137. The number of hydrogen-bond acceptors (Lipinski definition) is 3. The van der Waals surface area contributed by atoms with Gasteiger partial charge in [0, 0.05) is 23.9 Å². The molecule has 0 aromatic carbocycles. The molecule has 5 fully saturated rings. The summed E-state index contributed by atoms with van der Waals surface area (Å²) in [6.45, 7) is 10.3. The van der Waals surface area contributed by atoms with Gasteiger partial charge in [-0.25, -0.2) is 0 Å². The maximum atomic E-state index is 12.0. The van der Waals surface area contributed by atoms with Crippen molar-refractivity contribution in [2.75, 3.05) is 13.3 Å². The predicted molar refractivity (Wildman–Crippen MR) is 149 cm³/mol. The standard InChI is InChI=1S/C19H27NO.C5H9NO.C2H4.CH4S.2CH4/c1-18-9-8-17(21)20(2)16(18)6-4-13-14(18)7-10-19-11-12(19)3-5-15(13)19;1-5(2-3-5)4(6)7;2*1-2;;/h8-9,12-16H,3-7,10-11H2,1-2H3;2-3H2,1H3,(H2,6,7);1-2H2;2H,1H3;2*1H4/t12?,13-,14?,15?,16?,18-,19+;;;;;/m1...../s1. The maximum absolute atomic E-state index is 12.0. The molecule has 2 amide bonds. The summed E-state index contributed by atoms with van der Waals surface area (Å²) in [7, 11) is 2.02. The normalized spacial score (nSPS) is 40.7. The Labute approximate surface area is 215 Å². The number of likely N-dealkylation sites (N-methyl/N-ethyl adjacent to an activating group) is 1. The molecule has 0 aromatic heterocycles. The third kappa shape index (κ3) is 4.88. The number of fused-ring (bicyclic) bond motifs is 4. The molecule has 1 heterocycles. The van der Waals surface area contributed by atoms with Gasteiger partial charge in [0.05, 0.1) is 0 Å². The monoisotopic (exact) mass is 492 g/mol. The summed E-state index contributed by atoms with van der Waals surface area (Å²) >= 11 is 3.53. The highest BCUT2D eigenvalue weighted by molar-refractivity contribution is 7.79. The van der Waals surface area contributed by atoms with Crippen molar-refractivity contribution in [3.63, 3.8) is 0 Å². The number of primary amides is 1. The summed E-state index contributed by atoms with van der Waals surface area (Å²) in [6, 6.07) is 0.446. The van der Waals surface area contributed by atoms with Gasteiger partial charge in [-0.3, -0.25) is 9.59 Å². The molecule has 0 bridgehead atoms. The zero-order valence-corrected chi connectivity index (χ0v) is 21.5. The van der Waals surface area contributed by atoms with Crippen LogP contribution in [0.3, 0.4) is 0 Å². The lowest BCUT2D eigenvalue weighted by Gasteiger charge is -2.58. The van der Waals surface area contributed by atoms with E-state index in [0.29, 0.717) is 6.04 Å². The number of rotatable bonds is 1. The zero-order valence-electron chi connectivity index (χ0n) is 20.6. The van der Waals surface area contributed by atoms with Crippen LogP contribution in [0.15, 0.2) is 25.3 Å². The van der Waals surface area contributed by atoms with Gasteiger partial charge in [-0.05, 0) is 99.2 Å². The molecule has 2 N–H and O–H groups in total. The minimum absolute atomic E-state index is 0. The fraction of sp³-hybridized carbons (Fsp3) is 0.793. The van der Waals surface area contributed by atoms with Gasteiger partial charge in [-0.1, -0.05) is 34.8 Å². The number of amides is 2. The van der Waals surface area contributed by atoms with Gasteiger partial charge < -0.3 is 10.6 Å². The van der Waals surface area contributed by atoms with Crippen LogP contribution in [0, 0.1) is 39.9 Å². The Bertz CT molecular complexity index is 763. The largest absolute Gasteiger partial charge is 0.369 e. The van der Waals surface area contributed by atoms with E-state index in [1.165, 1.54) is 38.5 Å². The summed E-state index contributed by atoms with van der Waals surface area (Å²) in [6.07, 6.45) is 17.9. The first-order chi connectivity index (χ1) is 15.2. The first kappa shape index (κ1) is 30.8. The fourth-order valence-corrected chi connectivity index (χ4v) is 7.85. The van der Waals surface area contributed by atoms with Crippen molar-refractivity contribution in [2.45, 2.75) is 92.5 Å². The second kappa shape index (κ2) is 11.2. The van der Waals surface area contributed by atoms with E-state index < -0.39 is 0 Å². The SMILES string of the molecule is C.C.C=C.CC1(C(N)=O)CC1.CN1C(=O)C=C[C@]2(C)C3CC[C@]45CC4CCC5[C@@H]3CCC12.CS. The van der Waals surface area contributed by atoms with Crippen molar-refractivity contribution in [3.8, 4) is 0 Å². The molecule has 7 atom stereocenters. The molecule has 5 heteroatoms. The van der Waals surface area contributed by atoms with Crippen LogP contribution >= 0.6 is 12.6 Å². The van der Waals surface area contributed by atoms with Crippen molar-refractivity contribution < 1.29 is 9.59 Å². The van der Waals surface area contributed by atoms with E-state index in [4.69, 9.17) is 5.73 Å². The highest BCUT2D eigenvalue weighted by Gasteiger charge is 2.68. The molecule has 4 unspecified atom stereocenters. The molecule has 1 spiro atoms. The molecule has 0 saturated heterocycles. The quantitative estimate of drug-likeness (QED) is 0.323. The minimum atomic E-state index is -0.146. The van der Waals surface area contributed by atoms with Crippen molar-refractivity contribution in [3.05, 3.63) is 25.3 Å². The molecular formula is C29H52N2O2S. The summed E-state index contributed by atoms with van der Waals surface area (Å²) in [5.41, 5.74) is 5.91. The summed E-state index contributed by atoms with van der Waals surface area (Å²) in [5.74, 6) is 3.95. The summed E-state index contributed by atoms with van der Waals surface area (Å²) in [4.78, 5) is 24.4. The van der Waals surface area contributed by atoms with E-state index in [-0.39, 0.29) is 37.5 Å². The van der Waals surface area contributed by atoms with E-state index in [2.05, 4.69) is 38.8 Å². The third-order valence-electron chi connectivity index (χ3n) is 10.1. The average molecular weight is 493 g/mol. The van der Waals surface area contributed by atoms with E-state index in [1.54, 1.807) is 12.7 Å². The van der Waals surface area contributed by atoms with Crippen molar-refractivity contribution in [2.24, 2.45) is 45.7 Å². The Balaban J connectivity index is 0.000000382.